The van der Waals surface area contributed by atoms with Gasteiger partial charge in [-0.1, -0.05) is 41.4 Å². The predicted molar refractivity (Wildman–Crippen MR) is 74.9 cm³/mol. The molecule has 0 bridgehead atoms. The lowest BCUT2D eigenvalue weighted by atomic mass is 10.1. The van der Waals surface area contributed by atoms with E-state index in [2.05, 4.69) is 5.32 Å². The van der Waals surface area contributed by atoms with Crippen LogP contribution in [0.1, 0.15) is 11.1 Å². The number of para-hydroxylation sites is 1. The zero-order valence-corrected chi connectivity index (χ0v) is 11.3. The van der Waals surface area contributed by atoms with Crippen LogP contribution in [0.15, 0.2) is 36.4 Å². The first-order valence-corrected chi connectivity index (χ1v) is 6.26. The molecule has 2 aromatic rings. The Morgan fingerprint density at radius 1 is 1.11 bits per heavy atom. The minimum Gasteiger partial charge on any atom is -0.377 e. The average molecular weight is 284 g/mol. The van der Waals surface area contributed by atoms with E-state index < -0.39 is 0 Å². The number of hydrogen-bond donors (Lipinski definition) is 1. The van der Waals surface area contributed by atoms with E-state index in [0.29, 0.717) is 22.3 Å². The van der Waals surface area contributed by atoms with Gasteiger partial charge in [-0.05, 0) is 36.2 Å². The van der Waals surface area contributed by atoms with E-state index in [4.69, 9.17) is 23.2 Å². The molecule has 0 aliphatic carbocycles. The van der Waals surface area contributed by atoms with Crippen molar-refractivity contribution >= 4 is 28.9 Å². The quantitative estimate of drug-likeness (QED) is 0.831. The molecule has 18 heavy (non-hydrogen) atoms. The predicted octanol–water partition coefficient (Wildman–Crippen LogP) is 5.05. The highest BCUT2D eigenvalue weighted by atomic mass is 35.5. The summed E-state index contributed by atoms with van der Waals surface area (Å²) in [5.41, 5.74) is 2.30. The highest BCUT2D eigenvalue weighted by Gasteiger charge is 2.07. The van der Waals surface area contributed by atoms with E-state index >= 15 is 0 Å². The van der Waals surface area contributed by atoms with Crippen LogP contribution in [0.4, 0.5) is 10.1 Å². The van der Waals surface area contributed by atoms with Crippen LogP contribution in [0, 0.1) is 12.7 Å². The van der Waals surface area contributed by atoms with E-state index in [9.17, 15) is 4.39 Å². The normalized spacial score (nSPS) is 10.4. The molecule has 94 valence electrons. The van der Waals surface area contributed by atoms with Gasteiger partial charge in [0.25, 0.3) is 0 Å². The molecule has 0 fully saturated rings. The number of aryl methyl sites for hydroxylation is 1. The number of anilines is 1. The SMILES string of the molecule is Cc1ccc(CNc2c(F)cccc2Cl)c(Cl)c1. The number of rotatable bonds is 3. The summed E-state index contributed by atoms with van der Waals surface area (Å²) in [6, 6.07) is 10.3. The van der Waals surface area contributed by atoms with E-state index in [1.807, 2.05) is 25.1 Å². The van der Waals surface area contributed by atoms with Gasteiger partial charge in [-0.15, -0.1) is 0 Å². The molecule has 0 unspecified atom stereocenters. The molecular formula is C14H12Cl2FN. The standard InChI is InChI=1S/C14H12Cl2FN/c1-9-5-6-10(12(16)7-9)8-18-14-11(15)3-2-4-13(14)17/h2-7,18H,8H2,1H3. The highest BCUT2D eigenvalue weighted by Crippen LogP contribution is 2.26. The maximum Gasteiger partial charge on any atom is 0.147 e. The van der Waals surface area contributed by atoms with Crippen LogP contribution in [-0.2, 0) is 6.54 Å². The summed E-state index contributed by atoms with van der Waals surface area (Å²) in [5.74, 6) is -0.370. The van der Waals surface area contributed by atoms with Crippen LogP contribution in [0.2, 0.25) is 10.0 Å². The van der Waals surface area contributed by atoms with Gasteiger partial charge in [0.05, 0.1) is 10.7 Å². The summed E-state index contributed by atoms with van der Waals surface area (Å²) in [7, 11) is 0. The molecule has 0 atom stereocenters. The van der Waals surface area contributed by atoms with Gasteiger partial charge in [-0.25, -0.2) is 4.39 Å². The molecule has 0 aliphatic rings. The summed E-state index contributed by atoms with van der Waals surface area (Å²) < 4.78 is 13.5. The van der Waals surface area contributed by atoms with Gasteiger partial charge in [0, 0.05) is 11.6 Å². The Kier molecular flexibility index (Phi) is 4.10. The molecular weight excluding hydrogens is 272 g/mol. The van der Waals surface area contributed by atoms with Gasteiger partial charge < -0.3 is 5.32 Å². The second-order valence-electron chi connectivity index (χ2n) is 4.05. The number of halogens is 3. The van der Waals surface area contributed by atoms with E-state index in [1.54, 1.807) is 12.1 Å². The zero-order valence-electron chi connectivity index (χ0n) is 9.81. The molecule has 0 saturated carbocycles. The Balaban J connectivity index is 2.16. The van der Waals surface area contributed by atoms with Crippen LogP contribution in [-0.4, -0.2) is 0 Å². The minimum atomic E-state index is -0.370. The van der Waals surface area contributed by atoms with Crippen LogP contribution in [0.3, 0.4) is 0 Å². The van der Waals surface area contributed by atoms with Gasteiger partial charge >= 0.3 is 0 Å². The Labute approximate surface area is 116 Å². The first kappa shape index (κ1) is 13.2. The highest BCUT2D eigenvalue weighted by molar-refractivity contribution is 6.33. The lowest BCUT2D eigenvalue weighted by molar-refractivity contribution is 0.630. The molecule has 1 N–H and O–H groups in total. The summed E-state index contributed by atoms with van der Waals surface area (Å²) in [5, 5.41) is 3.99. The summed E-state index contributed by atoms with van der Waals surface area (Å²) in [6.07, 6.45) is 0. The molecule has 0 amide bonds. The lowest BCUT2D eigenvalue weighted by Gasteiger charge is -2.11. The van der Waals surface area contributed by atoms with Gasteiger partial charge in [-0.2, -0.15) is 0 Å². The van der Waals surface area contributed by atoms with Crippen molar-refractivity contribution in [3.63, 3.8) is 0 Å². The van der Waals surface area contributed by atoms with Crippen LogP contribution < -0.4 is 5.32 Å². The van der Waals surface area contributed by atoms with Gasteiger partial charge in [-0.3, -0.25) is 0 Å². The van der Waals surface area contributed by atoms with Crippen molar-refractivity contribution in [3.05, 3.63) is 63.4 Å². The molecule has 0 heterocycles. The molecule has 1 nitrogen and oxygen atoms in total. The minimum absolute atomic E-state index is 0.302. The Bertz CT molecular complexity index is 549. The van der Waals surface area contributed by atoms with E-state index in [0.717, 1.165) is 11.1 Å². The van der Waals surface area contributed by atoms with Gasteiger partial charge in [0.15, 0.2) is 0 Å². The largest absolute Gasteiger partial charge is 0.377 e. The maximum absolute atomic E-state index is 13.5. The fourth-order valence-corrected chi connectivity index (χ4v) is 2.18. The number of hydrogen-bond acceptors (Lipinski definition) is 1. The van der Waals surface area contributed by atoms with E-state index in [1.165, 1.54) is 6.07 Å². The third-order valence-electron chi connectivity index (χ3n) is 2.63. The third-order valence-corrected chi connectivity index (χ3v) is 3.29. The van der Waals surface area contributed by atoms with Crippen molar-refractivity contribution in [1.29, 1.82) is 0 Å². The second-order valence-corrected chi connectivity index (χ2v) is 4.86. The summed E-state index contributed by atoms with van der Waals surface area (Å²) in [4.78, 5) is 0. The Morgan fingerprint density at radius 3 is 2.56 bits per heavy atom. The molecule has 0 aromatic heterocycles. The number of benzene rings is 2. The van der Waals surface area contributed by atoms with Gasteiger partial charge in [0.1, 0.15) is 5.82 Å². The monoisotopic (exact) mass is 283 g/mol. The molecule has 4 heteroatoms. The molecule has 0 radical (unpaired) electrons. The maximum atomic E-state index is 13.5. The van der Waals surface area contributed by atoms with E-state index in [-0.39, 0.29) is 5.82 Å². The van der Waals surface area contributed by atoms with Crippen molar-refractivity contribution in [3.8, 4) is 0 Å². The zero-order chi connectivity index (χ0) is 13.1. The third kappa shape index (κ3) is 2.95. The van der Waals surface area contributed by atoms with Gasteiger partial charge in [0.2, 0.25) is 0 Å². The van der Waals surface area contributed by atoms with Crippen molar-refractivity contribution in [2.24, 2.45) is 0 Å². The molecule has 0 spiro atoms. The van der Waals surface area contributed by atoms with Crippen molar-refractivity contribution in [2.45, 2.75) is 13.5 Å². The molecule has 2 rings (SSSR count). The Hall–Kier alpha value is -1.25. The first-order valence-electron chi connectivity index (χ1n) is 5.51. The van der Waals surface area contributed by atoms with Crippen LogP contribution in [0.5, 0.6) is 0 Å². The molecule has 2 aromatic carbocycles. The summed E-state index contributed by atoms with van der Waals surface area (Å²) >= 11 is 12.0. The summed E-state index contributed by atoms with van der Waals surface area (Å²) in [6.45, 7) is 2.40. The Morgan fingerprint density at radius 2 is 1.89 bits per heavy atom. The fourth-order valence-electron chi connectivity index (χ4n) is 1.65. The van der Waals surface area contributed by atoms with Crippen LogP contribution >= 0.6 is 23.2 Å². The van der Waals surface area contributed by atoms with Crippen molar-refractivity contribution in [1.82, 2.24) is 0 Å². The van der Waals surface area contributed by atoms with Crippen LogP contribution in [0.25, 0.3) is 0 Å². The molecule has 0 saturated heterocycles. The van der Waals surface area contributed by atoms with Crippen molar-refractivity contribution < 1.29 is 4.39 Å². The number of nitrogens with one attached hydrogen (secondary N) is 1. The fraction of sp³-hybridized carbons (Fsp3) is 0.143. The average Bonchev–Trinajstić information content (AvgIpc) is 2.31. The topological polar surface area (TPSA) is 12.0 Å². The smallest absolute Gasteiger partial charge is 0.147 e. The molecule has 0 aliphatic heterocycles. The lowest BCUT2D eigenvalue weighted by Crippen LogP contribution is -2.02. The first-order chi connectivity index (χ1) is 8.58. The second kappa shape index (κ2) is 5.59. The van der Waals surface area contributed by atoms with Crippen molar-refractivity contribution in [2.75, 3.05) is 5.32 Å².